The molecule has 136 valence electrons. The summed E-state index contributed by atoms with van der Waals surface area (Å²) in [5, 5.41) is 9.10. The summed E-state index contributed by atoms with van der Waals surface area (Å²) < 4.78 is 5.34. The standard InChI is InChI=1S/C17H28N4O2.HI/c1-5-18-16(22)12-21-17(19-6-2)20-10-9-14-8-7-13(3)15(11-14)23-4;/h7-8,11H,5-6,9-10,12H2,1-4H3,(H,18,22)(H2,19,20,21);1H. The Morgan fingerprint density at radius 3 is 2.50 bits per heavy atom. The summed E-state index contributed by atoms with van der Waals surface area (Å²) in [6.07, 6.45) is 0.849. The Hall–Kier alpha value is -1.51. The Kier molecular flexibility index (Phi) is 12.0. The summed E-state index contributed by atoms with van der Waals surface area (Å²) in [6.45, 7) is 8.13. The van der Waals surface area contributed by atoms with E-state index in [1.54, 1.807) is 7.11 Å². The van der Waals surface area contributed by atoms with E-state index in [2.05, 4.69) is 39.1 Å². The number of carbonyl (C=O) groups is 1. The monoisotopic (exact) mass is 448 g/mol. The van der Waals surface area contributed by atoms with Gasteiger partial charge in [0.05, 0.1) is 7.11 Å². The highest BCUT2D eigenvalue weighted by atomic mass is 127. The number of aliphatic imine (C=N–C) groups is 1. The van der Waals surface area contributed by atoms with E-state index >= 15 is 0 Å². The number of methoxy groups -OCH3 is 1. The Morgan fingerprint density at radius 2 is 1.88 bits per heavy atom. The first-order chi connectivity index (χ1) is 11.1. The molecule has 1 amide bonds. The minimum absolute atomic E-state index is 0. The second-order valence-corrected chi connectivity index (χ2v) is 5.13. The zero-order chi connectivity index (χ0) is 17.1. The molecule has 6 nitrogen and oxygen atoms in total. The molecule has 0 spiro atoms. The lowest BCUT2D eigenvalue weighted by molar-refractivity contribution is -0.119. The van der Waals surface area contributed by atoms with Crippen LogP contribution in [0.25, 0.3) is 0 Å². The van der Waals surface area contributed by atoms with E-state index in [0.29, 0.717) is 12.5 Å². The van der Waals surface area contributed by atoms with Crippen LogP contribution in [0.1, 0.15) is 25.0 Å². The summed E-state index contributed by atoms with van der Waals surface area (Å²) in [5.74, 6) is 1.48. The minimum Gasteiger partial charge on any atom is -0.496 e. The number of aryl methyl sites for hydroxylation is 1. The third-order valence-corrected chi connectivity index (χ3v) is 3.28. The van der Waals surface area contributed by atoms with Gasteiger partial charge in [0.1, 0.15) is 12.3 Å². The smallest absolute Gasteiger partial charge is 0.241 e. The molecular weight excluding hydrogens is 419 g/mol. The number of ether oxygens (including phenoxy) is 1. The molecule has 0 bridgehead atoms. The SMILES string of the molecule is CCNC(=O)CN=C(NCC)NCCc1ccc(C)c(OC)c1.I. The lowest BCUT2D eigenvalue weighted by Crippen LogP contribution is -2.39. The summed E-state index contributed by atoms with van der Waals surface area (Å²) in [7, 11) is 1.68. The van der Waals surface area contributed by atoms with E-state index in [9.17, 15) is 4.79 Å². The second-order valence-electron chi connectivity index (χ2n) is 5.13. The molecule has 1 aromatic rings. The summed E-state index contributed by atoms with van der Waals surface area (Å²) >= 11 is 0. The van der Waals surface area contributed by atoms with Gasteiger partial charge in [0.15, 0.2) is 5.96 Å². The average molecular weight is 448 g/mol. The normalized spacial score (nSPS) is 10.6. The van der Waals surface area contributed by atoms with Gasteiger partial charge in [0.2, 0.25) is 5.91 Å². The van der Waals surface area contributed by atoms with E-state index in [0.717, 1.165) is 30.8 Å². The van der Waals surface area contributed by atoms with Gasteiger partial charge in [0.25, 0.3) is 0 Å². The number of rotatable bonds is 8. The van der Waals surface area contributed by atoms with Crippen LogP contribution < -0.4 is 20.7 Å². The Balaban J connectivity index is 0.00000529. The lowest BCUT2D eigenvalue weighted by atomic mass is 10.1. The van der Waals surface area contributed by atoms with Crippen LogP contribution in [0, 0.1) is 6.92 Å². The van der Waals surface area contributed by atoms with Gasteiger partial charge in [-0.05, 0) is 44.4 Å². The molecule has 7 heteroatoms. The molecule has 3 N–H and O–H groups in total. The fraction of sp³-hybridized carbons (Fsp3) is 0.529. The summed E-state index contributed by atoms with van der Waals surface area (Å²) in [4.78, 5) is 15.7. The molecule has 1 rings (SSSR count). The molecule has 0 aliphatic carbocycles. The third-order valence-electron chi connectivity index (χ3n) is 3.28. The van der Waals surface area contributed by atoms with Gasteiger partial charge in [-0.2, -0.15) is 0 Å². The molecular formula is C17H29IN4O2. The number of likely N-dealkylation sites (N-methyl/N-ethyl adjacent to an activating group) is 1. The molecule has 0 aliphatic rings. The first kappa shape index (κ1) is 22.5. The third kappa shape index (κ3) is 8.37. The summed E-state index contributed by atoms with van der Waals surface area (Å²) in [6, 6.07) is 6.20. The minimum atomic E-state index is -0.0759. The van der Waals surface area contributed by atoms with Gasteiger partial charge < -0.3 is 20.7 Å². The number of halogens is 1. The molecule has 0 fully saturated rings. The highest BCUT2D eigenvalue weighted by Crippen LogP contribution is 2.18. The molecule has 1 aromatic carbocycles. The van der Waals surface area contributed by atoms with Crippen molar-refractivity contribution in [3.63, 3.8) is 0 Å². The molecule has 0 heterocycles. The van der Waals surface area contributed by atoms with Crippen LogP contribution in [0.5, 0.6) is 5.75 Å². The average Bonchev–Trinajstić information content (AvgIpc) is 2.54. The van der Waals surface area contributed by atoms with Crippen molar-refractivity contribution in [1.29, 1.82) is 0 Å². The van der Waals surface area contributed by atoms with Crippen LogP contribution in [-0.4, -0.2) is 45.2 Å². The van der Waals surface area contributed by atoms with Crippen molar-refractivity contribution in [2.24, 2.45) is 4.99 Å². The number of carbonyl (C=O) groups excluding carboxylic acids is 1. The lowest BCUT2D eigenvalue weighted by Gasteiger charge is -2.12. The Bertz CT molecular complexity index is 535. The van der Waals surface area contributed by atoms with Crippen molar-refractivity contribution >= 4 is 35.8 Å². The van der Waals surface area contributed by atoms with Gasteiger partial charge in [-0.25, -0.2) is 4.99 Å². The maximum Gasteiger partial charge on any atom is 0.241 e. The van der Waals surface area contributed by atoms with Crippen molar-refractivity contribution in [3.8, 4) is 5.75 Å². The second kappa shape index (κ2) is 12.9. The quantitative estimate of drug-likeness (QED) is 0.323. The number of hydrogen-bond donors (Lipinski definition) is 3. The maximum atomic E-state index is 11.5. The van der Waals surface area contributed by atoms with E-state index in [1.165, 1.54) is 5.56 Å². The van der Waals surface area contributed by atoms with Gasteiger partial charge >= 0.3 is 0 Å². The molecule has 0 saturated carbocycles. The van der Waals surface area contributed by atoms with E-state index in [-0.39, 0.29) is 36.4 Å². The van der Waals surface area contributed by atoms with Gasteiger partial charge in [-0.1, -0.05) is 12.1 Å². The van der Waals surface area contributed by atoms with Crippen LogP contribution in [0.15, 0.2) is 23.2 Å². The fourth-order valence-electron chi connectivity index (χ4n) is 2.09. The molecule has 24 heavy (non-hydrogen) atoms. The van der Waals surface area contributed by atoms with E-state index in [4.69, 9.17) is 4.74 Å². The van der Waals surface area contributed by atoms with Crippen LogP contribution in [0.4, 0.5) is 0 Å². The number of amides is 1. The van der Waals surface area contributed by atoms with Crippen LogP contribution in [0.3, 0.4) is 0 Å². The molecule has 0 aliphatic heterocycles. The number of nitrogens with zero attached hydrogens (tertiary/aromatic N) is 1. The molecule has 0 unspecified atom stereocenters. The molecule has 0 aromatic heterocycles. The zero-order valence-corrected chi connectivity index (χ0v) is 17.3. The Labute approximate surface area is 161 Å². The topological polar surface area (TPSA) is 74.8 Å². The predicted molar refractivity (Wildman–Crippen MR) is 110 cm³/mol. The fourth-order valence-corrected chi connectivity index (χ4v) is 2.09. The van der Waals surface area contributed by atoms with E-state index in [1.807, 2.05) is 20.8 Å². The molecule has 0 atom stereocenters. The van der Waals surface area contributed by atoms with Crippen molar-refractivity contribution in [2.45, 2.75) is 27.2 Å². The van der Waals surface area contributed by atoms with Crippen molar-refractivity contribution in [1.82, 2.24) is 16.0 Å². The van der Waals surface area contributed by atoms with Crippen LogP contribution >= 0.6 is 24.0 Å². The van der Waals surface area contributed by atoms with Crippen LogP contribution in [0.2, 0.25) is 0 Å². The maximum absolute atomic E-state index is 11.5. The number of nitrogens with one attached hydrogen (secondary N) is 3. The van der Waals surface area contributed by atoms with Crippen molar-refractivity contribution < 1.29 is 9.53 Å². The Morgan fingerprint density at radius 1 is 1.17 bits per heavy atom. The van der Waals surface area contributed by atoms with Crippen molar-refractivity contribution in [2.75, 3.05) is 33.3 Å². The van der Waals surface area contributed by atoms with Gasteiger partial charge in [-0.15, -0.1) is 24.0 Å². The highest BCUT2D eigenvalue weighted by Gasteiger charge is 2.03. The zero-order valence-electron chi connectivity index (χ0n) is 14.9. The molecule has 0 saturated heterocycles. The first-order valence-corrected chi connectivity index (χ1v) is 8.03. The largest absolute Gasteiger partial charge is 0.496 e. The van der Waals surface area contributed by atoms with E-state index < -0.39 is 0 Å². The molecule has 0 radical (unpaired) electrons. The van der Waals surface area contributed by atoms with Crippen LogP contribution in [-0.2, 0) is 11.2 Å². The first-order valence-electron chi connectivity index (χ1n) is 8.03. The highest BCUT2D eigenvalue weighted by molar-refractivity contribution is 14.0. The van der Waals surface area contributed by atoms with Crippen molar-refractivity contribution in [3.05, 3.63) is 29.3 Å². The number of hydrogen-bond acceptors (Lipinski definition) is 3. The number of guanidine groups is 1. The number of benzene rings is 1. The predicted octanol–water partition coefficient (Wildman–Crippen LogP) is 1.86. The van der Waals surface area contributed by atoms with Gasteiger partial charge in [-0.3, -0.25) is 4.79 Å². The van der Waals surface area contributed by atoms with Gasteiger partial charge in [0, 0.05) is 19.6 Å². The summed E-state index contributed by atoms with van der Waals surface area (Å²) in [5.41, 5.74) is 2.32.